The van der Waals surface area contributed by atoms with Gasteiger partial charge >= 0.3 is 0 Å². The molecule has 0 unspecified atom stereocenters. The molecule has 0 aromatic rings. The van der Waals surface area contributed by atoms with E-state index in [1.807, 2.05) is 5.20 Å². The minimum Gasteiger partial charge on any atom is -0.0779 e. The molecule has 1 aliphatic heterocycles. The Labute approximate surface area is 89.1 Å². The second kappa shape index (κ2) is 4.06. The first-order valence-electron chi connectivity index (χ1n) is 6.15. The van der Waals surface area contributed by atoms with Gasteiger partial charge in [-0.1, -0.05) is 67.2 Å². The molecule has 0 saturated carbocycles. The molecule has 14 heavy (non-hydrogen) atoms. The van der Waals surface area contributed by atoms with E-state index < -0.39 is 8.07 Å². The van der Waals surface area contributed by atoms with Crippen molar-refractivity contribution in [2.24, 2.45) is 0 Å². The third-order valence-electron chi connectivity index (χ3n) is 4.05. The van der Waals surface area contributed by atoms with Gasteiger partial charge in [-0.2, -0.15) is 0 Å². The highest BCUT2D eigenvalue weighted by Gasteiger charge is 2.41. The Kier molecular flexibility index (Phi) is 2.96. The molecule has 78 valence electrons. The summed E-state index contributed by atoms with van der Waals surface area (Å²) in [5.41, 5.74) is 1.52. The van der Waals surface area contributed by atoms with E-state index in [1.165, 1.54) is 31.3 Å². The van der Waals surface area contributed by atoms with Gasteiger partial charge in [-0.25, -0.2) is 0 Å². The number of hydrogen-bond donors (Lipinski definition) is 0. The summed E-state index contributed by atoms with van der Waals surface area (Å²) in [7, 11) is -0.864. The molecule has 0 radical (unpaired) electrons. The number of rotatable bonds is 4. The van der Waals surface area contributed by atoms with E-state index in [1.54, 1.807) is 18.1 Å². The molecule has 1 fully saturated rings. The van der Waals surface area contributed by atoms with Crippen molar-refractivity contribution in [1.29, 1.82) is 0 Å². The summed E-state index contributed by atoms with van der Waals surface area (Å²) in [6.07, 6.45) is 10.6. The Morgan fingerprint density at radius 3 is 2.57 bits per heavy atom. The lowest BCUT2D eigenvalue weighted by molar-refractivity contribution is 0.805. The lowest BCUT2D eigenvalue weighted by Gasteiger charge is -2.41. The highest BCUT2D eigenvalue weighted by molar-refractivity contribution is 6.88. The van der Waals surface area contributed by atoms with Crippen molar-refractivity contribution in [3.05, 3.63) is 22.9 Å². The monoisotopic (exact) mass is 206 g/mol. The van der Waals surface area contributed by atoms with Crippen molar-refractivity contribution in [3.8, 4) is 0 Å². The predicted octanol–water partition coefficient (Wildman–Crippen LogP) is 4.45. The average Bonchev–Trinajstić information content (AvgIpc) is 2.51. The van der Waals surface area contributed by atoms with E-state index in [2.05, 4.69) is 26.0 Å². The smallest absolute Gasteiger partial charge is 0.0779 e. The lowest BCUT2D eigenvalue weighted by atomic mass is 10.3. The fourth-order valence-corrected chi connectivity index (χ4v) is 7.65. The zero-order valence-corrected chi connectivity index (χ0v) is 10.6. The van der Waals surface area contributed by atoms with Crippen molar-refractivity contribution in [2.75, 3.05) is 0 Å². The SMILES string of the molecule is CCCC[Si]1(C2=CC(C)=CC2)CCC1. The van der Waals surface area contributed by atoms with Crippen LogP contribution in [0.3, 0.4) is 0 Å². The summed E-state index contributed by atoms with van der Waals surface area (Å²) in [5.74, 6) is 0. The quantitative estimate of drug-likeness (QED) is 0.596. The molecule has 0 bridgehead atoms. The van der Waals surface area contributed by atoms with Crippen LogP contribution in [0.4, 0.5) is 0 Å². The highest BCUT2D eigenvalue weighted by atomic mass is 28.3. The Balaban J connectivity index is 2.02. The van der Waals surface area contributed by atoms with Crippen LogP contribution in [0.2, 0.25) is 18.1 Å². The van der Waals surface area contributed by atoms with Gasteiger partial charge in [0.05, 0.1) is 8.07 Å². The summed E-state index contributed by atoms with van der Waals surface area (Å²) in [4.78, 5) is 0. The molecule has 0 N–H and O–H groups in total. The first-order valence-corrected chi connectivity index (χ1v) is 8.77. The lowest BCUT2D eigenvalue weighted by Crippen LogP contribution is -2.43. The van der Waals surface area contributed by atoms with E-state index in [0.717, 1.165) is 0 Å². The second-order valence-corrected chi connectivity index (χ2v) is 9.76. The van der Waals surface area contributed by atoms with Crippen molar-refractivity contribution in [2.45, 2.75) is 57.7 Å². The summed E-state index contributed by atoms with van der Waals surface area (Å²) in [6.45, 7) is 4.58. The molecule has 0 atom stereocenters. The highest BCUT2D eigenvalue weighted by Crippen LogP contribution is 2.45. The first kappa shape index (κ1) is 10.2. The molecule has 2 rings (SSSR count). The van der Waals surface area contributed by atoms with E-state index in [9.17, 15) is 0 Å². The van der Waals surface area contributed by atoms with Crippen LogP contribution in [0.25, 0.3) is 0 Å². The molecule has 2 aliphatic rings. The van der Waals surface area contributed by atoms with Gasteiger partial charge in [-0.15, -0.1) is 0 Å². The van der Waals surface area contributed by atoms with E-state index in [4.69, 9.17) is 0 Å². The molecule has 0 spiro atoms. The zero-order valence-electron chi connectivity index (χ0n) is 9.60. The van der Waals surface area contributed by atoms with Gasteiger partial charge in [-0.3, -0.25) is 0 Å². The summed E-state index contributed by atoms with van der Waals surface area (Å²) >= 11 is 0. The van der Waals surface area contributed by atoms with Crippen molar-refractivity contribution in [3.63, 3.8) is 0 Å². The molecule has 0 amide bonds. The molecule has 0 aromatic heterocycles. The fourth-order valence-electron chi connectivity index (χ4n) is 2.88. The van der Waals surface area contributed by atoms with Gasteiger partial charge in [0.15, 0.2) is 0 Å². The maximum absolute atomic E-state index is 2.51. The van der Waals surface area contributed by atoms with Gasteiger partial charge in [0.2, 0.25) is 0 Å². The van der Waals surface area contributed by atoms with Crippen LogP contribution in [0.5, 0.6) is 0 Å². The minimum atomic E-state index is -0.864. The van der Waals surface area contributed by atoms with Gasteiger partial charge in [0.1, 0.15) is 0 Å². The van der Waals surface area contributed by atoms with Crippen LogP contribution in [0.15, 0.2) is 22.9 Å². The number of allylic oxidation sites excluding steroid dienone is 4. The van der Waals surface area contributed by atoms with Crippen molar-refractivity contribution in [1.82, 2.24) is 0 Å². The van der Waals surface area contributed by atoms with Gasteiger partial charge in [-0.05, 0) is 13.3 Å². The Bertz CT molecular complexity index is 269. The van der Waals surface area contributed by atoms with Gasteiger partial charge < -0.3 is 0 Å². The van der Waals surface area contributed by atoms with Gasteiger partial charge in [0, 0.05) is 0 Å². The molecule has 1 heterocycles. The molecule has 1 aliphatic carbocycles. The van der Waals surface area contributed by atoms with Crippen LogP contribution in [-0.4, -0.2) is 8.07 Å². The summed E-state index contributed by atoms with van der Waals surface area (Å²) in [5, 5.41) is 1.88. The average molecular weight is 206 g/mol. The summed E-state index contributed by atoms with van der Waals surface area (Å²) < 4.78 is 0. The van der Waals surface area contributed by atoms with E-state index in [0.29, 0.717) is 0 Å². The molecule has 0 nitrogen and oxygen atoms in total. The van der Waals surface area contributed by atoms with Crippen LogP contribution in [-0.2, 0) is 0 Å². The van der Waals surface area contributed by atoms with Crippen LogP contribution < -0.4 is 0 Å². The van der Waals surface area contributed by atoms with Gasteiger partial charge in [0.25, 0.3) is 0 Å². The van der Waals surface area contributed by atoms with E-state index >= 15 is 0 Å². The maximum atomic E-state index is 2.51. The summed E-state index contributed by atoms with van der Waals surface area (Å²) in [6, 6.07) is 4.77. The Morgan fingerprint density at radius 2 is 2.14 bits per heavy atom. The molecule has 1 heteroatoms. The molecular formula is C13H22Si. The number of unbranched alkanes of at least 4 members (excludes halogenated alkanes) is 1. The predicted molar refractivity (Wildman–Crippen MR) is 66.2 cm³/mol. The standard InChI is InChI=1S/C13H22Si/c1-3-4-8-14(9-5-10-14)13-7-6-12(2)11-13/h6,11H,3-5,7-10H2,1-2H3. The largest absolute Gasteiger partial charge is 0.0819 e. The van der Waals surface area contributed by atoms with Crippen LogP contribution >= 0.6 is 0 Å². The van der Waals surface area contributed by atoms with Crippen LogP contribution in [0.1, 0.15) is 39.5 Å². The molecule has 1 saturated heterocycles. The van der Waals surface area contributed by atoms with Crippen LogP contribution in [0, 0.1) is 0 Å². The maximum Gasteiger partial charge on any atom is 0.0819 e. The van der Waals surface area contributed by atoms with Crippen molar-refractivity contribution < 1.29 is 0 Å². The van der Waals surface area contributed by atoms with Crippen molar-refractivity contribution >= 4 is 8.07 Å². The third kappa shape index (κ3) is 1.74. The molecule has 0 aromatic carbocycles. The topological polar surface area (TPSA) is 0 Å². The normalized spacial score (nSPS) is 24.1. The third-order valence-corrected chi connectivity index (χ3v) is 9.69. The Morgan fingerprint density at radius 1 is 1.36 bits per heavy atom. The van der Waals surface area contributed by atoms with E-state index in [-0.39, 0.29) is 0 Å². The number of hydrogen-bond acceptors (Lipinski definition) is 0. The molecular weight excluding hydrogens is 184 g/mol. The fraction of sp³-hybridized carbons (Fsp3) is 0.692. The first-order chi connectivity index (χ1) is 6.77. The zero-order chi connectivity index (χ0) is 10.0. The second-order valence-electron chi connectivity index (χ2n) is 5.06. The minimum absolute atomic E-state index is 0.864. The Hall–Kier alpha value is -0.303.